The fraction of sp³-hybridized carbons (Fsp3) is 0.533. The zero-order chi connectivity index (χ0) is 14.5. The van der Waals surface area contributed by atoms with Crippen molar-refractivity contribution in [2.24, 2.45) is 16.8 Å². The number of hydrogen-bond acceptors (Lipinski definition) is 4. The molecule has 1 aromatic carbocycles. The van der Waals surface area contributed by atoms with Crippen LogP contribution >= 0.6 is 0 Å². The summed E-state index contributed by atoms with van der Waals surface area (Å²) in [5.74, 6) is 0.435. The van der Waals surface area contributed by atoms with Gasteiger partial charge in [-0.25, -0.2) is 0 Å². The van der Waals surface area contributed by atoms with Crippen molar-refractivity contribution in [3.63, 3.8) is 0 Å². The van der Waals surface area contributed by atoms with Crippen LogP contribution in [0, 0.1) is 5.92 Å². The monoisotopic (exact) mass is 277 g/mol. The summed E-state index contributed by atoms with van der Waals surface area (Å²) in [6.45, 7) is 4.35. The fourth-order valence-electron chi connectivity index (χ4n) is 2.81. The van der Waals surface area contributed by atoms with Crippen LogP contribution in [0.4, 0.5) is 0 Å². The van der Waals surface area contributed by atoms with E-state index in [0.717, 1.165) is 25.1 Å². The van der Waals surface area contributed by atoms with E-state index in [2.05, 4.69) is 10.1 Å². The van der Waals surface area contributed by atoms with Gasteiger partial charge in [-0.3, -0.25) is 0 Å². The SMILES string of the molecule is CC(O)C1CCN(CC(/C(N)=N/O)c2ccccc2)C1. The van der Waals surface area contributed by atoms with E-state index in [9.17, 15) is 5.11 Å². The molecule has 1 saturated heterocycles. The number of rotatable bonds is 5. The molecule has 1 fully saturated rings. The van der Waals surface area contributed by atoms with Crippen LogP contribution in [0.3, 0.4) is 0 Å². The van der Waals surface area contributed by atoms with Crippen LogP contribution in [-0.2, 0) is 0 Å². The Balaban J connectivity index is 2.07. The first kappa shape index (κ1) is 14.8. The summed E-state index contributed by atoms with van der Waals surface area (Å²) in [4.78, 5) is 2.27. The molecule has 20 heavy (non-hydrogen) atoms. The molecule has 2 rings (SSSR count). The number of hydrogen-bond donors (Lipinski definition) is 3. The molecule has 0 amide bonds. The molecule has 3 unspecified atom stereocenters. The van der Waals surface area contributed by atoms with Gasteiger partial charge in [-0.2, -0.15) is 0 Å². The molecule has 5 heteroatoms. The molecule has 110 valence electrons. The van der Waals surface area contributed by atoms with Crippen molar-refractivity contribution in [1.29, 1.82) is 0 Å². The number of likely N-dealkylation sites (tertiary alicyclic amines) is 1. The third-order valence-electron chi connectivity index (χ3n) is 4.11. The molecule has 0 spiro atoms. The van der Waals surface area contributed by atoms with Crippen molar-refractivity contribution in [2.75, 3.05) is 19.6 Å². The number of aliphatic hydroxyl groups is 1. The molecule has 0 bridgehead atoms. The van der Waals surface area contributed by atoms with E-state index < -0.39 is 0 Å². The third kappa shape index (κ3) is 3.49. The highest BCUT2D eigenvalue weighted by Crippen LogP contribution is 2.24. The normalized spacial score (nSPS) is 23.7. The molecule has 1 aliphatic rings. The lowest BCUT2D eigenvalue weighted by atomic mass is 9.97. The molecule has 0 aliphatic carbocycles. The Morgan fingerprint density at radius 1 is 1.45 bits per heavy atom. The molecular formula is C15H23N3O2. The van der Waals surface area contributed by atoms with Crippen molar-refractivity contribution < 1.29 is 10.3 Å². The van der Waals surface area contributed by atoms with Crippen molar-refractivity contribution >= 4 is 5.84 Å². The maximum absolute atomic E-state index is 9.66. The summed E-state index contributed by atoms with van der Waals surface area (Å²) in [7, 11) is 0. The van der Waals surface area contributed by atoms with Crippen LogP contribution in [0.5, 0.6) is 0 Å². The Bertz CT molecular complexity index is 448. The van der Waals surface area contributed by atoms with Crippen LogP contribution < -0.4 is 5.73 Å². The zero-order valence-electron chi connectivity index (χ0n) is 11.8. The first-order chi connectivity index (χ1) is 9.61. The number of oxime groups is 1. The Morgan fingerprint density at radius 2 is 2.15 bits per heavy atom. The Hall–Kier alpha value is -1.59. The van der Waals surface area contributed by atoms with Gasteiger partial charge in [0.2, 0.25) is 0 Å². The number of nitrogens with zero attached hydrogens (tertiary/aromatic N) is 2. The molecule has 5 nitrogen and oxygen atoms in total. The van der Waals surface area contributed by atoms with Gasteiger partial charge in [0.15, 0.2) is 0 Å². The predicted molar refractivity (Wildman–Crippen MR) is 78.8 cm³/mol. The Kier molecular flexibility index (Phi) is 4.98. The molecule has 0 saturated carbocycles. The highest BCUT2D eigenvalue weighted by atomic mass is 16.4. The molecule has 0 radical (unpaired) electrons. The minimum absolute atomic E-state index is 0.117. The standard InChI is InChI=1S/C15H23N3O2/c1-11(19)13-7-8-18(9-13)10-14(15(16)17-20)12-5-3-2-4-6-12/h2-6,11,13-14,19-20H,7-10H2,1H3,(H2,16,17). The number of benzene rings is 1. The van der Waals surface area contributed by atoms with Crippen LogP contribution in [-0.4, -0.2) is 46.8 Å². The number of amidine groups is 1. The minimum Gasteiger partial charge on any atom is -0.409 e. The van der Waals surface area contributed by atoms with Crippen LogP contribution in [0.25, 0.3) is 0 Å². The third-order valence-corrected chi connectivity index (χ3v) is 4.11. The second-order valence-electron chi connectivity index (χ2n) is 5.54. The first-order valence-electron chi connectivity index (χ1n) is 7.04. The molecular weight excluding hydrogens is 254 g/mol. The van der Waals surface area contributed by atoms with Gasteiger partial charge in [-0.15, -0.1) is 0 Å². The van der Waals surface area contributed by atoms with Gasteiger partial charge in [0, 0.05) is 13.1 Å². The molecule has 3 atom stereocenters. The maximum Gasteiger partial charge on any atom is 0.147 e. The predicted octanol–water partition coefficient (Wildman–Crippen LogP) is 1.22. The lowest BCUT2D eigenvalue weighted by Crippen LogP contribution is -2.34. The Morgan fingerprint density at radius 3 is 2.70 bits per heavy atom. The largest absolute Gasteiger partial charge is 0.409 e. The molecule has 0 aromatic heterocycles. The molecule has 1 heterocycles. The van der Waals surface area contributed by atoms with Gasteiger partial charge in [-0.05, 0) is 31.4 Å². The highest BCUT2D eigenvalue weighted by molar-refractivity contribution is 5.87. The van der Waals surface area contributed by atoms with Crippen molar-refractivity contribution in [2.45, 2.75) is 25.4 Å². The summed E-state index contributed by atoms with van der Waals surface area (Å²) in [6, 6.07) is 9.84. The average molecular weight is 277 g/mol. The van der Waals surface area contributed by atoms with E-state index in [0.29, 0.717) is 12.5 Å². The number of aliphatic hydroxyl groups excluding tert-OH is 1. The van der Waals surface area contributed by atoms with Crippen LogP contribution in [0.2, 0.25) is 0 Å². The summed E-state index contributed by atoms with van der Waals surface area (Å²) in [5, 5.41) is 21.8. The highest BCUT2D eigenvalue weighted by Gasteiger charge is 2.29. The van der Waals surface area contributed by atoms with Crippen molar-refractivity contribution in [1.82, 2.24) is 4.90 Å². The zero-order valence-corrected chi connectivity index (χ0v) is 11.8. The van der Waals surface area contributed by atoms with Gasteiger partial charge in [0.25, 0.3) is 0 Å². The van der Waals surface area contributed by atoms with E-state index in [1.807, 2.05) is 37.3 Å². The minimum atomic E-state index is -0.279. The van der Waals surface area contributed by atoms with Gasteiger partial charge in [0.05, 0.1) is 12.0 Å². The van der Waals surface area contributed by atoms with E-state index in [1.54, 1.807) is 0 Å². The van der Waals surface area contributed by atoms with E-state index in [-0.39, 0.29) is 17.9 Å². The summed E-state index contributed by atoms with van der Waals surface area (Å²) < 4.78 is 0. The molecule has 1 aliphatic heterocycles. The van der Waals surface area contributed by atoms with E-state index in [1.165, 1.54) is 0 Å². The van der Waals surface area contributed by atoms with Gasteiger partial charge >= 0.3 is 0 Å². The van der Waals surface area contributed by atoms with Crippen molar-refractivity contribution in [3.8, 4) is 0 Å². The Labute approximate surface area is 119 Å². The van der Waals surface area contributed by atoms with E-state index >= 15 is 0 Å². The van der Waals surface area contributed by atoms with Crippen molar-refractivity contribution in [3.05, 3.63) is 35.9 Å². The fourth-order valence-corrected chi connectivity index (χ4v) is 2.81. The van der Waals surface area contributed by atoms with Crippen LogP contribution in [0.15, 0.2) is 35.5 Å². The van der Waals surface area contributed by atoms with Gasteiger partial charge in [0.1, 0.15) is 5.84 Å². The van der Waals surface area contributed by atoms with Crippen LogP contribution in [0.1, 0.15) is 24.8 Å². The molecule has 1 aromatic rings. The lowest BCUT2D eigenvalue weighted by molar-refractivity contribution is 0.127. The number of nitrogens with two attached hydrogens (primary N) is 1. The topological polar surface area (TPSA) is 82.1 Å². The summed E-state index contributed by atoms with van der Waals surface area (Å²) >= 11 is 0. The summed E-state index contributed by atoms with van der Waals surface area (Å²) in [6.07, 6.45) is 0.717. The lowest BCUT2D eigenvalue weighted by Gasteiger charge is -2.23. The van der Waals surface area contributed by atoms with Gasteiger partial charge in [-0.1, -0.05) is 35.5 Å². The maximum atomic E-state index is 9.66. The molecule has 4 N–H and O–H groups in total. The first-order valence-corrected chi connectivity index (χ1v) is 7.04. The van der Waals surface area contributed by atoms with Gasteiger partial charge < -0.3 is 20.9 Å². The average Bonchev–Trinajstić information content (AvgIpc) is 2.94. The second kappa shape index (κ2) is 6.72. The summed E-state index contributed by atoms with van der Waals surface area (Å²) in [5.41, 5.74) is 6.89. The quantitative estimate of drug-likeness (QED) is 0.327. The van der Waals surface area contributed by atoms with E-state index in [4.69, 9.17) is 10.9 Å². The smallest absolute Gasteiger partial charge is 0.147 e. The second-order valence-corrected chi connectivity index (χ2v) is 5.54.